The standard InChI is InChI=1S/C10H17N3/c1-5-13(4)9(3)10-7-11-8(2)6-12-10/h6-7,9H,5H2,1-4H3. The van der Waals surface area contributed by atoms with Gasteiger partial charge in [-0.25, -0.2) is 0 Å². The first kappa shape index (κ1) is 10.1. The Labute approximate surface area is 79.8 Å². The predicted molar refractivity (Wildman–Crippen MR) is 53.5 cm³/mol. The first-order valence-electron chi connectivity index (χ1n) is 4.64. The summed E-state index contributed by atoms with van der Waals surface area (Å²) in [6.45, 7) is 7.25. The van der Waals surface area contributed by atoms with E-state index in [-0.39, 0.29) is 0 Å². The number of aromatic nitrogens is 2. The van der Waals surface area contributed by atoms with E-state index < -0.39 is 0 Å². The molecule has 0 saturated heterocycles. The van der Waals surface area contributed by atoms with Gasteiger partial charge in [-0.2, -0.15) is 0 Å². The van der Waals surface area contributed by atoms with Crippen LogP contribution in [0.2, 0.25) is 0 Å². The molecule has 3 nitrogen and oxygen atoms in total. The first-order valence-corrected chi connectivity index (χ1v) is 4.64. The minimum absolute atomic E-state index is 0.345. The molecular formula is C10H17N3. The molecule has 0 aliphatic rings. The minimum atomic E-state index is 0.345. The molecule has 0 radical (unpaired) electrons. The van der Waals surface area contributed by atoms with Crippen molar-refractivity contribution in [3.8, 4) is 0 Å². The lowest BCUT2D eigenvalue weighted by Crippen LogP contribution is -2.22. The Hall–Kier alpha value is -0.960. The van der Waals surface area contributed by atoms with E-state index in [0.717, 1.165) is 17.9 Å². The van der Waals surface area contributed by atoms with Gasteiger partial charge in [-0.3, -0.25) is 14.9 Å². The van der Waals surface area contributed by atoms with Gasteiger partial charge in [0.1, 0.15) is 0 Å². The molecule has 1 atom stereocenters. The minimum Gasteiger partial charge on any atom is -0.298 e. The number of nitrogens with zero attached hydrogens (tertiary/aromatic N) is 3. The maximum absolute atomic E-state index is 4.34. The highest BCUT2D eigenvalue weighted by molar-refractivity contribution is 5.04. The molecule has 0 saturated carbocycles. The van der Waals surface area contributed by atoms with Gasteiger partial charge in [0.25, 0.3) is 0 Å². The molecule has 13 heavy (non-hydrogen) atoms. The summed E-state index contributed by atoms with van der Waals surface area (Å²) in [7, 11) is 2.09. The van der Waals surface area contributed by atoms with Crippen LogP contribution in [-0.2, 0) is 0 Å². The Morgan fingerprint density at radius 3 is 2.54 bits per heavy atom. The molecule has 0 aliphatic heterocycles. The van der Waals surface area contributed by atoms with Crippen LogP contribution in [0.4, 0.5) is 0 Å². The van der Waals surface area contributed by atoms with Crippen LogP contribution in [0.25, 0.3) is 0 Å². The summed E-state index contributed by atoms with van der Waals surface area (Å²) < 4.78 is 0. The third-order valence-electron chi connectivity index (χ3n) is 2.39. The monoisotopic (exact) mass is 179 g/mol. The van der Waals surface area contributed by atoms with Crippen molar-refractivity contribution in [3.63, 3.8) is 0 Å². The number of aryl methyl sites for hydroxylation is 1. The summed E-state index contributed by atoms with van der Waals surface area (Å²) in [4.78, 5) is 10.8. The molecule has 0 aliphatic carbocycles. The second kappa shape index (κ2) is 4.33. The highest BCUT2D eigenvalue weighted by Crippen LogP contribution is 2.14. The van der Waals surface area contributed by atoms with E-state index in [4.69, 9.17) is 0 Å². The molecule has 1 unspecified atom stereocenters. The Balaban J connectivity index is 2.77. The van der Waals surface area contributed by atoms with Gasteiger partial charge in [0, 0.05) is 6.20 Å². The molecule has 0 amide bonds. The summed E-state index contributed by atoms with van der Waals surface area (Å²) in [6, 6.07) is 0.345. The zero-order valence-electron chi connectivity index (χ0n) is 8.78. The van der Waals surface area contributed by atoms with Crippen molar-refractivity contribution in [1.82, 2.24) is 14.9 Å². The van der Waals surface area contributed by atoms with Crippen molar-refractivity contribution < 1.29 is 0 Å². The van der Waals surface area contributed by atoms with Crippen LogP contribution in [0, 0.1) is 6.92 Å². The zero-order valence-corrected chi connectivity index (χ0v) is 8.78. The Bertz CT molecular complexity index is 255. The van der Waals surface area contributed by atoms with E-state index in [1.807, 2.05) is 19.3 Å². The molecule has 0 N–H and O–H groups in total. The average Bonchev–Trinajstić information content (AvgIpc) is 2.17. The highest BCUT2D eigenvalue weighted by Gasteiger charge is 2.10. The van der Waals surface area contributed by atoms with Crippen LogP contribution < -0.4 is 0 Å². The fourth-order valence-corrected chi connectivity index (χ4v) is 1.12. The SMILES string of the molecule is CCN(C)C(C)c1cnc(C)cn1. The van der Waals surface area contributed by atoms with E-state index >= 15 is 0 Å². The lowest BCUT2D eigenvalue weighted by atomic mass is 10.2. The fraction of sp³-hybridized carbons (Fsp3) is 0.600. The van der Waals surface area contributed by atoms with Crippen molar-refractivity contribution in [2.45, 2.75) is 26.8 Å². The summed E-state index contributed by atoms with van der Waals surface area (Å²) in [5.41, 5.74) is 2.00. The molecule has 1 aromatic heterocycles. The largest absolute Gasteiger partial charge is 0.298 e. The van der Waals surface area contributed by atoms with Gasteiger partial charge in [0.05, 0.1) is 23.6 Å². The van der Waals surface area contributed by atoms with Gasteiger partial charge in [-0.15, -0.1) is 0 Å². The molecule has 1 aromatic rings. The molecule has 0 fully saturated rings. The lowest BCUT2D eigenvalue weighted by molar-refractivity contribution is 0.270. The topological polar surface area (TPSA) is 29.0 Å². The average molecular weight is 179 g/mol. The number of hydrogen-bond acceptors (Lipinski definition) is 3. The van der Waals surface area contributed by atoms with Crippen molar-refractivity contribution in [1.29, 1.82) is 0 Å². The lowest BCUT2D eigenvalue weighted by Gasteiger charge is -2.21. The van der Waals surface area contributed by atoms with Gasteiger partial charge >= 0.3 is 0 Å². The van der Waals surface area contributed by atoms with Crippen LogP contribution in [0.15, 0.2) is 12.4 Å². The van der Waals surface area contributed by atoms with E-state index in [1.165, 1.54) is 0 Å². The normalized spacial score (nSPS) is 13.3. The Kier molecular flexibility index (Phi) is 3.37. The predicted octanol–water partition coefficient (Wildman–Crippen LogP) is 1.80. The molecule has 0 spiro atoms. The maximum atomic E-state index is 4.34. The molecule has 72 valence electrons. The Morgan fingerprint density at radius 2 is 2.08 bits per heavy atom. The van der Waals surface area contributed by atoms with Crippen LogP contribution in [0.1, 0.15) is 31.3 Å². The molecule has 1 rings (SSSR count). The fourth-order valence-electron chi connectivity index (χ4n) is 1.12. The third-order valence-corrected chi connectivity index (χ3v) is 2.39. The summed E-state index contributed by atoms with van der Waals surface area (Å²) in [5, 5.41) is 0. The van der Waals surface area contributed by atoms with E-state index in [1.54, 1.807) is 0 Å². The van der Waals surface area contributed by atoms with E-state index in [0.29, 0.717) is 6.04 Å². The molecular weight excluding hydrogens is 162 g/mol. The molecule has 3 heteroatoms. The summed E-state index contributed by atoms with van der Waals surface area (Å²) in [6.07, 6.45) is 3.67. The third kappa shape index (κ3) is 2.49. The van der Waals surface area contributed by atoms with Crippen LogP contribution in [0.5, 0.6) is 0 Å². The van der Waals surface area contributed by atoms with Crippen molar-refractivity contribution in [2.75, 3.05) is 13.6 Å². The number of rotatable bonds is 3. The van der Waals surface area contributed by atoms with Gasteiger partial charge in [-0.1, -0.05) is 6.92 Å². The van der Waals surface area contributed by atoms with Crippen LogP contribution in [-0.4, -0.2) is 28.5 Å². The van der Waals surface area contributed by atoms with Crippen molar-refractivity contribution in [2.24, 2.45) is 0 Å². The molecule has 0 bridgehead atoms. The molecule has 0 aromatic carbocycles. The van der Waals surface area contributed by atoms with Gasteiger partial charge in [0.2, 0.25) is 0 Å². The maximum Gasteiger partial charge on any atom is 0.0755 e. The van der Waals surface area contributed by atoms with Gasteiger partial charge < -0.3 is 0 Å². The van der Waals surface area contributed by atoms with Crippen LogP contribution >= 0.6 is 0 Å². The Morgan fingerprint density at radius 1 is 1.38 bits per heavy atom. The first-order chi connectivity index (χ1) is 6.15. The van der Waals surface area contributed by atoms with Crippen molar-refractivity contribution in [3.05, 3.63) is 23.8 Å². The quantitative estimate of drug-likeness (QED) is 0.708. The number of hydrogen-bond donors (Lipinski definition) is 0. The molecule has 1 heterocycles. The zero-order chi connectivity index (χ0) is 9.84. The van der Waals surface area contributed by atoms with E-state index in [9.17, 15) is 0 Å². The highest BCUT2D eigenvalue weighted by atomic mass is 15.1. The van der Waals surface area contributed by atoms with Crippen LogP contribution in [0.3, 0.4) is 0 Å². The second-order valence-corrected chi connectivity index (χ2v) is 3.33. The second-order valence-electron chi connectivity index (χ2n) is 3.33. The van der Waals surface area contributed by atoms with Gasteiger partial charge in [0.15, 0.2) is 0 Å². The smallest absolute Gasteiger partial charge is 0.0755 e. The summed E-state index contributed by atoms with van der Waals surface area (Å²) >= 11 is 0. The van der Waals surface area contributed by atoms with Crippen molar-refractivity contribution >= 4 is 0 Å². The van der Waals surface area contributed by atoms with Gasteiger partial charge in [-0.05, 0) is 27.4 Å². The summed E-state index contributed by atoms with van der Waals surface area (Å²) in [5.74, 6) is 0. The van der Waals surface area contributed by atoms with E-state index in [2.05, 4.69) is 35.8 Å².